The molecule has 1 aliphatic carbocycles. The SMILES string of the molecule is CCCCOc1cccc2c1NC(c1cc([N+](=O)[O-])ccc1O)C1CC=CC21. The lowest BCUT2D eigenvalue weighted by molar-refractivity contribution is -0.385. The summed E-state index contributed by atoms with van der Waals surface area (Å²) in [7, 11) is 0. The first-order valence-corrected chi connectivity index (χ1v) is 9.76. The van der Waals surface area contributed by atoms with Crippen LogP contribution in [0.4, 0.5) is 11.4 Å². The number of nitrogens with zero attached hydrogens (tertiary/aromatic N) is 1. The van der Waals surface area contributed by atoms with Crippen molar-refractivity contribution in [2.24, 2.45) is 5.92 Å². The second-order valence-electron chi connectivity index (χ2n) is 7.40. The van der Waals surface area contributed by atoms with Gasteiger partial charge in [-0.1, -0.05) is 37.6 Å². The van der Waals surface area contributed by atoms with Crippen LogP contribution in [0.15, 0.2) is 48.6 Å². The summed E-state index contributed by atoms with van der Waals surface area (Å²) >= 11 is 0. The molecule has 3 atom stereocenters. The van der Waals surface area contributed by atoms with Crippen molar-refractivity contribution in [3.63, 3.8) is 0 Å². The molecule has 0 amide bonds. The minimum Gasteiger partial charge on any atom is -0.508 e. The van der Waals surface area contributed by atoms with Crippen LogP contribution in [0.25, 0.3) is 0 Å². The van der Waals surface area contributed by atoms with Gasteiger partial charge in [0.1, 0.15) is 11.5 Å². The number of hydrogen-bond acceptors (Lipinski definition) is 5. The monoisotopic (exact) mass is 380 g/mol. The van der Waals surface area contributed by atoms with Gasteiger partial charge in [0, 0.05) is 23.6 Å². The highest BCUT2D eigenvalue weighted by molar-refractivity contribution is 5.68. The Balaban J connectivity index is 1.75. The number of nitro groups is 1. The standard InChI is InChI=1S/C22H24N2O4/c1-2-3-12-28-20-9-5-8-17-15-6-4-7-16(15)21(23-22(17)20)18-13-14(24(26)27)10-11-19(18)25/h4-6,8-11,13,15-16,21,23,25H,2-3,7,12H2,1H3. The number of fused-ring (bicyclic) bond motifs is 3. The van der Waals surface area contributed by atoms with E-state index in [1.807, 2.05) is 12.1 Å². The number of nitrogens with one attached hydrogen (secondary N) is 1. The number of benzene rings is 2. The van der Waals surface area contributed by atoms with E-state index in [4.69, 9.17) is 4.74 Å². The van der Waals surface area contributed by atoms with Crippen molar-refractivity contribution in [3.8, 4) is 11.5 Å². The number of nitro benzene ring substituents is 1. The first kappa shape index (κ1) is 18.3. The highest BCUT2D eigenvalue weighted by atomic mass is 16.6. The summed E-state index contributed by atoms with van der Waals surface area (Å²) in [5.74, 6) is 1.24. The Bertz CT molecular complexity index is 925. The fourth-order valence-electron chi connectivity index (χ4n) is 4.25. The Morgan fingerprint density at radius 1 is 1.29 bits per heavy atom. The zero-order chi connectivity index (χ0) is 19.7. The molecule has 0 spiro atoms. The van der Waals surface area contributed by atoms with E-state index < -0.39 is 4.92 Å². The molecule has 2 aliphatic rings. The Hall–Kier alpha value is -3.02. The first-order valence-electron chi connectivity index (χ1n) is 9.76. The van der Waals surface area contributed by atoms with Gasteiger partial charge in [0.2, 0.25) is 0 Å². The lowest BCUT2D eigenvalue weighted by atomic mass is 9.76. The molecule has 2 aromatic carbocycles. The van der Waals surface area contributed by atoms with Crippen LogP contribution in [-0.4, -0.2) is 16.6 Å². The lowest BCUT2D eigenvalue weighted by Gasteiger charge is -2.38. The van der Waals surface area contributed by atoms with Crippen molar-refractivity contribution in [2.75, 3.05) is 11.9 Å². The molecule has 0 saturated carbocycles. The van der Waals surface area contributed by atoms with Crippen molar-refractivity contribution in [3.05, 3.63) is 69.8 Å². The number of hydrogen-bond donors (Lipinski definition) is 2. The maximum Gasteiger partial charge on any atom is 0.270 e. The molecule has 0 saturated heterocycles. The second-order valence-corrected chi connectivity index (χ2v) is 7.40. The smallest absolute Gasteiger partial charge is 0.270 e. The van der Waals surface area contributed by atoms with Gasteiger partial charge in [0.15, 0.2) is 0 Å². The van der Waals surface area contributed by atoms with Crippen LogP contribution >= 0.6 is 0 Å². The maximum atomic E-state index is 11.2. The molecule has 0 radical (unpaired) electrons. The largest absolute Gasteiger partial charge is 0.508 e. The van der Waals surface area contributed by atoms with Crippen LogP contribution < -0.4 is 10.1 Å². The van der Waals surface area contributed by atoms with Gasteiger partial charge in [0.25, 0.3) is 5.69 Å². The third kappa shape index (κ3) is 3.19. The molecule has 2 aromatic rings. The molecule has 146 valence electrons. The summed E-state index contributed by atoms with van der Waals surface area (Å²) in [5, 5.41) is 25.3. The molecule has 0 aromatic heterocycles. The molecule has 0 fully saturated rings. The molecule has 4 rings (SSSR count). The van der Waals surface area contributed by atoms with E-state index in [0.717, 1.165) is 30.7 Å². The van der Waals surface area contributed by atoms with Gasteiger partial charge < -0.3 is 15.2 Å². The quantitative estimate of drug-likeness (QED) is 0.307. The molecule has 1 heterocycles. The molecule has 0 bridgehead atoms. The van der Waals surface area contributed by atoms with Crippen LogP contribution in [0.2, 0.25) is 0 Å². The molecular weight excluding hydrogens is 356 g/mol. The van der Waals surface area contributed by atoms with Gasteiger partial charge in [0.05, 0.1) is 23.3 Å². The molecule has 6 nitrogen and oxygen atoms in total. The fraction of sp³-hybridized carbons (Fsp3) is 0.364. The van der Waals surface area contributed by atoms with Crippen LogP contribution in [-0.2, 0) is 0 Å². The van der Waals surface area contributed by atoms with Crippen molar-refractivity contribution in [1.29, 1.82) is 0 Å². The number of phenols is 1. The number of para-hydroxylation sites is 1. The summed E-state index contributed by atoms with van der Waals surface area (Å²) in [6.07, 6.45) is 7.23. The van der Waals surface area contributed by atoms with Crippen molar-refractivity contribution >= 4 is 11.4 Å². The molecule has 6 heteroatoms. The van der Waals surface area contributed by atoms with Crippen molar-refractivity contribution in [1.82, 2.24) is 0 Å². The summed E-state index contributed by atoms with van der Waals surface area (Å²) in [6, 6.07) is 10.1. The normalized spacial score (nSPS) is 22.2. The van der Waals surface area contributed by atoms with E-state index in [9.17, 15) is 15.2 Å². The van der Waals surface area contributed by atoms with Gasteiger partial charge in [-0.2, -0.15) is 0 Å². The lowest BCUT2D eigenvalue weighted by Crippen LogP contribution is -2.29. The minimum absolute atomic E-state index is 0.0182. The van der Waals surface area contributed by atoms with Crippen LogP contribution in [0.3, 0.4) is 0 Å². The first-order chi connectivity index (χ1) is 13.6. The number of ether oxygens (including phenoxy) is 1. The summed E-state index contributed by atoms with van der Waals surface area (Å²) in [4.78, 5) is 10.8. The maximum absolute atomic E-state index is 11.2. The van der Waals surface area contributed by atoms with Crippen LogP contribution in [0.5, 0.6) is 11.5 Å². The van der Waals surface area contributed by atoms with Crippen LogP contribution in [0.1, 0.15) is 49.3 Å². The van der Waals surface area contributed by atoms with Gasteiger partial charge in [-0.15, -0.1) is 0 Å². The number of non-ortho nitro benzene ring substituents is 1. The third-order valence-electron chi connectivity index (χ3n) is 5.67. The average Bonchev–Trinajstić information content (AvgIpc) is 3.18. The van der Waals surface area contributed by atoms with E-state index >= 15 is 0 Å². The summed E-state index contributed by atoms with van der Waals surface area (Å²) in [6.45, 7) is 2.77. The Morgan fingerprint density at radius 2 is 2.14 bits per heavy atom. The van der Waals surface area contributed by atoms with Gasteiger partial charge in [-0.3, -0.25) is 10.1 Å². The zero-order valence-electron chi connectivity index (χ0n) is 15.8. The predicted octanol–water partition coefficient (Wildman–Crippen LogP) is 5.31. The summed E-state index contributed by atoms with van der Waals surface area (Å²) in [5.41, 5.74) is 2.63. The van der Waals surface area contributed by atoms with Gasteiger partial charge >= 0.3 is 0 Å². The Morgan fingerprint density at radius 3 is 2.93 bits per heavy atom. The molecule has 28 heavy (non-hydrogen) atoms. The Labute approximate surface area is 164 Å². The third-order valence-corrected chi connectivity index (χ3v) is 5.67. The number of unbranched alkanes of at least 4 members (excludes halogenated alkanes) is 1. The molecule has 2 N–H and O–H groups in total. The van der Waals surface area contributed by atoms with Crippen molar-refractivity contribution in [2.45, 2.75) is 38.1 Å². The van der Waals surface area contributed by atoms with E-state index in [2.05, 4.69) is 30.5 Å². The topological polar surface area (TPSA) is 84.6 Å². The van der Waals surface area contributed by atoms with Gasteiger partial charge in [-0.05, 0) is 36.5 Å². The summed E-state index contributed by atoms with van der Waals surface area (Å²) < 4.78 is 6.01. The second kappa shape index (κ2) is 7.54. The highest BCUT2D eigenvalue weighted by Gasteiger charge is 2.40. The highest BCUT2D eigenvalue weighted by Crippen LogP contribution is 2.53. The Kier molecular flexibility index (Phi) is 4.94. The molecule has 1 aliphatic heterocycles. The number of phenolic OH excluding ortho intramolecular Hbond substituents is 1. The average molecular weight is 380 g/mol. The number of allylic oxidation sites excluding steroid dienone is 2. The number of anilines is 1. The van der Waals surface area contributed by atoms with Crippen molar-refractivity contribution < 1.29 is 14.8 Å². The van der Waals surface area contributed by atoms with Gasteiger partial charge in [-0.25, -0.2) is 0 Å². The molecular formula is C22H24N2O4. The van der Waals surface area contributed by atoms with E-state index in [1.54, 1.807) is 0 Å². The predicted molar refractivity (Wildman–Crippen MR) is 108 cm³/mol. The van der Waals surface area contributed by atoms with E-state index in [0.29, 0.717) is 12.2 Å². The van der Waals surface area contributed by atoms with E-state index in [-0.39, 0.29) is 29.3 Å². The molecule has 3 unspecified atom stereocenters. The fourth-order valence-corrected chi connectivity index (χ4v) is 4.25. The number of rotatable bonds is 6. The zero-order valence-corrected chi connectivity index (χ0v) is 15.8. The minimum atomic E-state index is -0.427. The number of aromatic hydroxyl groups is 1. The van der Waals surface area contributed by atoms with E-state index in [1.165, 1.54) is 23.8 Å². The van der Waals surface area contributed by atoms with Crippen LogP contribution in [0, 0.1) is 16.0 Å².